The van der Waals surface area contributed by atoms with E-state index in [9.17, 15) is 5.11 Å². The van der Waals surface area contributed by atoms with E-state index in [4.69, 9.17) is 4.74 Å². The molecule has 0 spiro atoms. The third-order valence-corrected chi connectivity index (χ3v) is 3.70. The molecule has 2 unspecified atom stereocenters. The van der Waals surface area contributed by atoms with Crippen LogP contribution in [-0.2, 0) is 6.42 Å². The van der Waals surface area contributed by atoms with Crippen LogP contribution in [-0.4, -0.2) is 49.9 Å². The molecule has 1 aromatic rings. The van der Waals surface area contributed by atoms with Crippen LogP contribution in [0.15, 0.2) is 18.2 Å². The normalized spacial score (nSPS) is 16.9. The SMILES string of the molecule is CCC(NCC(O)CN(C)C)c1ccc2c(c1)CCO2. The van der Waals surface area contributed by atoms with Gasteiger partial charge in [-0.2, -0.15) is 0 Å². The number of benzene rings is 1. The Labute approximate surface area is 121 Å². The molecular weight excluding hydrogens is 252 g/mol. The Bertz CT molecular complexity index is 434. The third kappa shape index (κ3) is 3.95. The Morgan fingerprint density at radius 1 is 1.40 bits per heavy atom. The highest BCUT2D eigenvalue weighted by Crippen LogP contribution is 2.29. The Morgan fingerprint density at radius 2 is 2.20 bits per heavy atom. The maximum absolute atomic E-state index is 9.94. The van der Waals surface area contributed by atoms with E-state index in [2.05, 4.69) is 30.4 Å². The molecule has 0 fully saturated rings. The van der Waals surface area contributed by atoms with Crippen molar-refractivity contribution in [1.29, 1.82) is 0 Å². The third-order valence-electron chi connectivity index (χ3n) is 3.70. The van der Waals surface area contributed by atoms with Crippen molar-refractivity contribution in [2.45, 2.75) is 31.9 Å². The van der Waals surface area contributed by atoms with Crippen molar-refractivity contribution in [2.75, 3.05) is 33.8 Å². The van der Waals surface area contributed by atoms with Gasteiger partial charge < -0.3 is 20.1 Å². The predicted octanol–water partition coefficient (Wildman–Crippen LogP) is 1.58. The van der Waals surface area contributed by atoms with E-state index < -0.39 is 0 Å². The van der Waals surface area contributed by atoms with Crippen LogP contribution in [0, 0.1) is 0 Å². The van der Waals surface area contributed by atoms with Crippen molar-refractivity contribution in [2.24, 2.45) is 0 Å². The van der Waals surface area contributed by atoms with Gasteiger partial charge in [0.1, 0.15) is 5.75 Å². The van der Waals surface area contributed by atoms with E-state index in [-0.39, 0.29) is 12.1 Å². The second-order valence-electron chi connectivity index (χ2n) is 5.75. The van der Waals surface area contributed by atoms with Crippen LogP contribution in [0.5, 0.6) is 5.75 Å². The molecule has 0 radical (unpaired) electrons. The first-order valence-electron chi connectivity index (χ1n) is 7.42. The lowest BCUT2D eigenvalue weighted by atomic mass is 10.0. The zero-order valence-corrected chi connectivity index (χ0v) is 12.7. The number of hydrogen-bond acceptors (Lipinski definition) is 4. The molecule has 4 nitrogen and oxygen atoms in total. The topological polar surface area (TPSA) is 44.7 Å². The average Bonchev–Trinajstić information content (AvgIpc) is 2.86. The summed E-state index contributed by atoms with van der Waals surface area (Å²) in [4.78, 5) is 2.00. The molecule has 4 heteroatoms. The number of aliphatic hydroxyl groups excluding tert-OH is 1. The number of nitrogens with zero attached hydrogens (tertiary/aromatic N) is 1. The molecule has 20 heavy (non-hydrogen) atoms. The van der Waals surface area contributed by atoms with Gasteiger partial charge in [0.2, 0.25) is 0 Å². The number of rotatable bonds is 7. The van der Waals surface area contributed by atoms with Crippen molar-refractivity contribution >= 4 is 0 Å². The smallest absolute Gasteiger partial charge is 0.122 e. The fraction of sp³-hybridized carbons (Fsp3) is 0.625. The molecule has 1 aromatic carbocycles. The number of fused-ring (bicyclic) bond motifs is 1. The molecule has 112 valence electrons. The van der Waals surface area contributed by atoms with Crippen LogP contribution < -0.4 is 10.1 Å². The van der Waals surface area contributed by atoms with Crippen LogP contribution in [0.3, 0.4) is 0 Å². The van der Waals surface area contributed by atoms with Crippen molar-refractivity contribution in [3.63, 3.8) is 0 Å². The first-order chi connectivity index (χ1) is 9.60. The molecule has 1 heterocycles. The average molecular weight is 278 g/mol. The first kappa shape index (κ1) is 15.3. The van der Waals surface area contributed by atoms with Gasteiger partial charge in [-0.15, -0.1) is 0 Å². The number of likely N-dealkylation sites (N-methyl/N-ethyl adjacent to an activating group) is 1. The summed E-state index contributed by atoms with van der Waals surface area (Å²) in [7, 11) is 3.95. The fourth-order valence-corrected chi connectivity index (χ4v) is 2.69. The quantitative estimate of drug-likeness (QED) is 0.795. The van der Waals surface area contributed by atoms with Crippen molar-refractivity contribution < 1.29 is 9.84 Å². The van der Waals surface area contributed by atoms with E-state index in [0.717, 1.165) is 25.2 Å². The Kier molecular flexibility index (Phi) is 5.40. The number of ether oxygens (including phenoxy) is 1. The van der Waals surface area contributed by atoms with Gasteiger partial charge in [-0.1, -0.05) is 19.1 Å². The molecule has 0 amide bonds. The van der Waals surface area contributed by atoms with Gasteiger partial charge in [0, 0.05) is 25.6 Å². The van der Waals surface area contributed by atoms with Gasteiger partial charge in [0.15, 0.2) is 0 Å². The molecular formula is C16H26N2O2. The summed E-state index contributed by atoms with van der Waals surface area (Å²) in [6, 6.07) is 6.72. The number of nitrogens with one attached hydrogen (secondary N) is 1. The lowest BCUT2D eigenvalue weighted by Crippen LogP contribution is -2.36. The summed E-state index contributed by atoms with van der Waals surface area (Å²) in [5.41, 5.74) is 2.59. The molecule has 0 aliphatic carbocycles. The summed E-state index contributed by atoms with van der Waals surface area (Å²) < 4.78 is 5.54. The van der Waals surface area contributed by atoms with E-state index in [1.54, 1.807) is 0 Å². The largest absolute Gasteiger partial charge is 0.493 e. The van der Waals surface area contributed by atoms with Crippen molar-refractivity contribution in [3.05, 3.63) is 29.3 Å². The molecule has 1 aliphatic rings. The molecule has 0 saturated carbocycles. The standard InChI is InChI=1S/C16H26N2O2/c1-4-15(17-10-14(19)11-18(2)3)12-5-6-16-13(9-12)7-8-20-16/h5-6,9,14-15,17,19H,4,7-8,10-11H2,1-3H3. The first-order valence-corrected chi connectivity index (χ1v) is 7.42. The molecule has 0 saturated heterocycles. The minimum atomic E-state index is -0.336. The maximum atomic E-state index is 9.94. The van der Waals surface area contributed by atoms with Gasteiger partial charge in [0.25, 0.3) is 0 Å². The molecule has 2 N–H and O–H groups in total. The second-order valence-corrected chi connectivity index (χ2v) is 5.75. The van der Waals surface area contributed by atoms with Crippen LogP contribution in [0.1, 0.15) is 30.5 Å². The van der Waals surface area contributed by atoms with Crippen LogP contribution in [0.2, 0.25) is 0 Å². The van der Waals surface area contributed by atoms with E-state index in [1.165, 1.54) is 11.1 Å². The summed E-state index contributed by atoms with van der Waals surface area (Å²) in [5, 5.41) is 13.4. The number of hydrogen-bond donors (Lipinski definition) is 2. The summed E-state index contributed by atoms with van der Waals surface area (Å²) >= 11 is 0. The molecule has 2 atom stereocenters. The summed E-state index contributed by atoms with van der Waals surface area (Å²) in [6.45, 7) is 4.26. The summed E-state index contributed by atoms with van der Waals surface area (Å²) in [6.07, 6.45) is 1.67. The van der Waals surface area contributed by atoms with Crippen molar-refractivity contribution in [1.82, 2.24) is 10.2 Å². The minimum absolute atomic E-state index is 0.290. The molecule has 0 bridgehead atoms. The minimum Gasteiger partial charge on any atom is -0.493 e. The van der Waals surface area contributed by atoms with E-state index >= 15 is 0 Å². The van der Waals surface area contributed by atoms with E-state index in [0.29, 0.717) is 13.1 Å². The Balaban J connectivity index is 1.94. The van der Waals surface area contributed by atoms with Gasteiger partial charge in [0.05, 0.1) is 12.7 Å². The highest BCUT2D eigenvalue weighted by atomic mass is 16.5. The Morgan fingerprint density at radius 3 is 2.90 bits per heavy atom. The van der Waals surface area contributed by atoms with Gasteiger partial charge in [-0.05, 0) is 37.7 Å². The van der Waals surface area contributed by atoms with Gasteiger partial charge in [-0.3, -0.25) is 0 Å². The highest BCUT2D eigenvalue weighted by molar-refractivity contribution is 5.40. The lowest BCUT2D eigenvalue weighted by Gasteiger charge is -2.22. The zero-order valence-electron chi connectivity index (χ0n) is 12.7. The van der Waals surface area contributed by atoms with Gasteiger partial charge in [-0.25, -0.2) is 0 Å². The zero-order chi connectivity index (χ0) is 14.5. The maximum Gasteiger partial charge on any atom is 0.122 e. The van der Waals surface area contributed by atoms with Crippen LogP contribution in [0.25, 0.3) is 0 Å². The fourth-order valence-electron chi connectivity index (χ4n) is 2.69. The van der Waals surface area contributed by atoms with E-state index in [1.807, 2.05) is 19.0 Å². The monoisotopic (exact) mass is 278 g/mol. The van der Waals surface area contributed by atoms with Crippen LogP contribution in [0.4, 0.5) is 0 Å². The Hall–Kier alpha value is -1.10. The van der Waals surface area contributed by atoms with Gasteiger partial charge >= 0.3 is 0 Å². The lowest BCUT2D eigenvalue weighted by molar-refractivity contribution is 0.131. The van der Waals surface area contributed by atoms with Crippen molar-refractivity contribution in [3.8, 4) is 5.75 Å². The molecule has 2 rings (SSSR count). The second kappa shape index (κ2) is 7.07. The summed E-state index contributed by atoms with van der Waals surface area (Å²) in [5.74, 6) is 1.02. The number of aliphatic hydroxyl groups is 1. The van der Waals surface area contributed by atoms with Crippen LogP contribution >= 0.6 is 0 Å². The highest BCUT2D eigenvalue weighted by Gasteiger charge is 2.16. The molecule has 0 aromatic heterocycles. The predicted molar refractivity (Wildman–Crippen MR) is 81.2 cm³/mol. The molecule has 1 aliphatic heterocycles.